The van der Waals surface area contributed by atoms with Gasteiger partial charge in [-0.05, 0) is 31.9 Å². The Balaban J connectivity index is 1.59. The lowest BCUT2D eigenvalue weighted by Crippen LogP contribution is -2.58. The molecule has 1 aromatic carbocycles. The van der Waals surface area contributed by atoms with E-state index in [9.17, 15) is 9.18 Å². The van der Waals surface area contributed by atoms with Crippen LogP contribution in [0.3, 0.4) is 0 Å². The highest BCUT2D eigenvalue weighted by Crippen LogP contribution is 2.31. The van der Waals surface area contributed by atoms with Gasteiger partial charge in [0.15, 0.2) is 0 Å². The zero-order valence-corrected chi connectivity index (χ0v) is 14.9. The van der Waals surface area contributed by atoms with Crippen LogP contribution in [0.2, 0.25) is 0 Å². The average Bonchev–Trinajstić information content (AvgIpc) is 2.55. The van der Waals surface area contributed by atoms with Gasteiger partial charge in [-0.15, -0.1) is 0 Å². The lowest BCUT2D eigenvalue weighted by atomic mass is 9.89. The summed E-state index contributed by atoms with van der Waals surface area (Å²) in [5, 5.41) is 0. The number of morpholine rings is 1. The summed E-state index contributed by atoms with van der Waals surface area (Å²) in [6.07, 6.45) is 1.77. The molecule has 126 valence electrons. The molecule has 0 N–H and O–H groups in total. The molecule has 0 bridgehead atoms. The Bertz CT molecular complexity index is 588. The fourth-order valence-electron chi connectivity index (χ4n) is 3.39. The van der Waals surface area contributed by atoms with Crippen molar-refractivity contribution in [3.8, 4) is 0 Å². The molecule has 6 heteroatoms. The molecule has 1 aromatic rings. The Kier molecular flexibility index (Phi) is 5.04. The minimum Gasteiger partial charge on any atom is -0.363 e. The summed E-state index contributed by atoms with van der Waals surface area (Å²) >= 11 is 3.28. The van der Waals surface area contributed by atoms with Crippen LogP contribution in [-0.4, -0.2) is 54.1 Å². The summed E-state index contributed by atoms with van der Waals surface area (Å²) in [5.74, 6) is -0.0891. The second-order valence-corrected chi connectivity index (χ2v) is 7.31. The van der Waals surface area contributed by atoms with Gasteiger partial charge in [0, 0.05) is 42.8 Å². The van der Waals surface area contributed by atoms with Gasteiger partial charge in [-0.2, -0.15) is 0 Å². The molecule has 1 amide bonds. The van der Waals surface area contributed by atoms with Gasteiger partial charge < -0.3 is 9.64 Å². The van der Waals surface area contributed by atoms with Crippen LogP contribution in [0.25, 0.3) is 0 Å². The fraction of sp³-hybridized carbons (Fsp3) is 0.588. The fourth-order valence-corrected chi connectivity index (χ4v) is 3.72. The molecule has 2 aliphatic heterocycles. The molecular weight excluding hydrogens is 363 g/mol. The van der Waals surface area contributed by atoms with Crippen molar-refractivity contribution in [3.05, 3.63) is 34.1 Å². The zero-order valence-electron chi connectivity index (χ0n) is 13.4. The smallest absolute Gasteiger partial charge is 0.248 e. The minimum atomic E-state index is -0.210. The summed E-state index contributed by atoms with van der Waals surface area (Å²) in [6.45, 7) is 5.95. The van der Waals surface area contributed by atoms with Gasteiger partial charge in [0.05, 0.1) is 5.60 Å². The van der Waals surface area contributed by atoms with Crippen LogP contribution in [0, 0.1) is 5.82 Å². The minimum absolute atomic E-state index is 0.0810. The first-order chi connectivity index (χ1) is 11.0. The van der Waals surface area contributed by atoms with Crippen LogP contribution in [-0.2, 0) is 16.1 Å². The van der Waals surface area contributed by atoms with Gasteiger partial charge in [0.1, 0.15) is 12.4 Å². The number of benzene rings is 1. The summed E-state index contributed by atoms with van der Waals surface area (Å²) < 4.78 is 20.6. The molecule has 2 heterocycles. The van der Waals surface area contributed by atoms with Crippen molar-refractivity contribution < 1.29 is 13.9 Å². The topological polar surface area (TPSA) is 32.8 Å². The second kappa shape index (κ2) is 6.87. The summed E-state index contributed by atoms with van der Waals surface area (Å²) in [4.78, 5) is 15.9. The van der Waals surface area contributed by atoms with Gasteiger partial charge in [0.2, 0.25) is 5.91 Å². The van der Waals surface area contributed by atoms with Crippen LogP contribution in [0.15, 0.2) is 22.7 Å². The molecule has 3 rings (SSSR count). The number of ether oxygens (including phenoxy) is 1. The van der Waals surface area contributed by atoms with E-state index in [2.05, 4.69) is 20.8 Å². The van der Waals surface area contributed by atoms with Crippen molar-refractivity contribution >= 4 is 21.8 Å². The van der Waals surface area contributed by atoms with E-state index in [0.29, 0.717) is 13.1 Å². The van der Waals surface area contributed by atoms with E-state index in [-0.39, 0.29) is 23.9 Å². The molecule has 0 atom stereocenters. The third-order valence-electron chi connectivity index (χ3n) is 4.89. The number of nitrogens with zero attached hydrogens (tertiary/aromatic N) is 2. The van der Waals surface area contributed by atoms with E-state index in [1.165, 1.54) is 6.07 Å². The molecule has 0 saturated carbocycles. The molecule has 0 unspecified atom stereocenters. The first-order valence-corrected chi connectivity index (χ1v) is 8.89. The van der Waals surface area contributed by atoms with E-state index in [4.69, 9.17) is 4.74 Å². The maximum absolute atomic E-state index is 14.0. The number of hydrogen-bond acceptors (Lipinski definition) is 3. The molecule has 2 aliphatic rings. The average molecular weight is 385 g/mol. The van der Waals surface area contributed by atoms with E-state index < -0.39 is 0 Å². The number of hydrogen-bond donors (Lipinski definition) is 0. The Hall–Kier alpha value is -0.980. The van der Waals surface area contributed by atoms with Crippen LogP contribution >= 0.6 is 15.9 Å². The predicted molar refractivity (Wildman–Crippen MR) is 89.5 cm³/mol. The van der Waals surface area contributed by atoms with Crippen molar-refractivity contribution in [3.63, 3.8) is 0 Å². The van der Waals surface area contributed by atoms with Crippen LogP contribution in [0.1, 0.15) is 25.3 Å². The van der Waals surface area contributed by atoms with E-state index in [1.54, 1.807) is 0 Å². The Morgan fingerprint density at radius 1 is 1.35 bits per heavy atom. The van der Waals surface area contributed by atoms with Crippen molar-refractivity contribution in [1.29, 1.82) is 0 Å². The van der Waals surface area contributed by atoms with Crippen molar-refractivity contribution in [2.75, 3.05) is 32.8 Å². The Morgan fingerprint density at radius 2 is 2.09 bits per heavy atom. The largest absolute Gasteiger partial charge is 0.363 e. The third-order valence-corrected chi connectivity index (χ3v) is 5.38. The number of likely N-dealkylation sites (tertiary alicyclic amines) is 1. The maximum atomic E-state index is 14.0. The van der Waals surface area contributed by atoms with Crippen molar-refractivity contribution in [1.82, 2.24) is 9.80 Å². The Labute approximate surface area is 144 Å². The molecule has 1 spiro atoms. The Morgan fingerprint density at radius 3 is 2.74 bits per heavy atom. The molecule has 4 nitrogen and oxygen atoms in total. The number of carbonyl (C=O) groups is 1. The first kappa shape index (κ1) is 16.9. The maximum Gasteiger partial charge on any atom is 0.248 e. The van der Waals surface area contributed by atoms with Crippen LogP contribution < -0.4 is 0 Å². The molecule has 0 aliphatic carbocycles. The normalized spacial score (nSPS) is 21.9. The van der Waals surface area contributed by atoms with Crippen LogP contribution in [0.4, 0.5) is 4.39 Å². The summed E-state index contributed by atoms with van der Waals surface area (Å²) in [6, 6.07) is 5.22. The lowest BCUT2D eigenvalue weighted by Gasteiger charge is -2.46. The predicted octanol–water partition coefficient (Wildman–Crippen LogP) is 2.80. The molecule has 0 radical (unpaired) electrons. The monoisotopic (exact) mass is 384 g/mol. The quantitative estimate of drug-likeness (QED) is 0.802. The van der Waals surface area contributed by atoms with Gasteiger partial charge in [-0.25, -0.2) is 4.39 Å². The van der Waals surface area contributed by atoms with Crippen molar-refractivity contribution in [2.45, 2.75) is 31.9 Å². The molecular formula is C17H22BrFN2O2. The molecule has 2 saturated heterocycles. The number of likely N-dealkylation sites (N-methyl/N-ethyl adjacent to an activating group) is 1. The van der Waals surface area contributed by atoms with E-state index >= 15 is 0 Å². The lowest BCUT2D eigenvalue weighted by molar-refractivity contribution is -0.171. The highest BCUT2D eigenvalue weighted by molar-refractivity contribution is 9.10. The summed E-state index contributed by atoms with van der Waals surface area (Å²) in [7, 11) is 0. The van der Waals surface area contributed by atoms with Crippen LogP contribution in [0.5, 0.6) is 0 Å². The SMILES string of the molecule is CCN1CC2(CCN(Cc3ccc(Br)cc3F)CC2)OCC1=O. The molecule has 2 fully saturated rings. The highest BCUT2D eigenvalue weighted by Gasteiger charge is 2.41. The first-order valence-electron chi connectivity index (χ1n) is 8.09. The van der Waals surface area contributed by atoms with E-state index in [1.807, 2.05) is 24.0 Å². The number of amides is 1. The highest BCUT2D eigenvalue weighted by atomic mass is 79.9. The van der Waals surface area contributed by atoms with E-state index in [0.717, 1.165) is 42.5 Å². The standard InChI is InChI=1S/C17H22BrFN2O2/c1-2-21-12-17(23-11-16(21)22)5-7-20(8-6-17)10-13-3-4-14(18)9-15(13)19/h3-4,9H,2,5-8,10-12H2,1H3. The van der Waals surface area contributed by atoms with Gasteiger partial charge in [-0.1, -0.05) is 22.0 Å². The number of halogens is 2. The van der Waals surface area contributed by atoms with Gasteiger partial charge in [-0.3, -0.25) is 9.69 Å². The van der Waals surface area contributed by atoms with Gasteiger partial charge >= 0.3 is 0 Å². The molecule has 0 aromatic heterocycles. The number of carbonyl (C=O) groups excluding carboxylic acids is 1. The zero-order chi connectivity index (χ0) is 16.4. The van der Waals surface area contributed by atoms with Crippen molar-refractivity contribution in [2.24, 2.45) is 0 Å². The number of rotatable bonds is 3. The summed E-state index contributed by atoms with van der Waals surface area (Å²) in [5.41, 5.74) is 0.512. The number of piperidine rings is 1. The molecule has 23 heavy (non-hydrogen) atoms. The van der Waals surface area contributed by atoms with Gasteiger partial charge in [0.25, 0.3) is 0 Å². The third kappa shape index (κ3) is 3.75. The second-order valence-electron chi connectivity index (χ2n) is 6.39.